The second kappa shape index (κ2) is 7.11. The number of rotatable bonds is 5. The predicted molar refractivity (Wildman–Crippen MR) is 96.9 cm³/mol. The summed E-state index contributed by atoms with van der Waals surface area (Å²) >= 11 is 7.30. The molecule has 0 aliphatic carbocycles. The Balaban J connectivity index is 1.73. The van der Waals surface area contributed by atoms with Crippen LogP contribution in [-0.4, -0.2) is 31.3 Å². The summed E-state index contributed by atoms with van der Waals surface area (Å²) in [6.07, 6.45) is 4.79. The number of hydrogen-bond donors (Lipinski definition) is 1. The van der Waals surface area contributed by atoms with Crippen molar-refractivity contribution in [3.8, 4) is 0 Å². The Morgan fingerprint density at radius 2 is 2.24 bits per heavy atom. The fourth-order valence-corrected chi connectivity index (χ4v) is 4.75. The molecular formula is C15H15ClN4O3S2. The first-order chi connectivity index (χ1) is 11.9. The molecular weight excluding hydrogens is 384 g/mol. The number of carbonyl (C=O) groups is 1. The highest BCUT2D eigenvalue weighted by atomic mass is 35.5. The molecule has 0 radical (unpaired) electrons. The molecule has 1 unspecified atom stereocenters. The fourth-order valence-electron chi connectivity index (χ4n) is 2.27. The Bertz CT molecular complexity index is 941. The zero-order chi connectivity index (χ0) is 18.1. The summed E-state index contributed by atoms with van der Waals surface area (Å²) < 4.78 is 18.4. The van der Waals surface area contributed by atoms with Gasteiger partial charge in [0.2, 0.25) is 0 Å². The lowest BCUT2D eigenvalue weighted by atomic mass is 10.2. The molecule has 3 heterocycles. The summed E-state index contributed by atoms with van der Waals surface area (Å²) in [4.78, 5) is 13.1. The van der Waals surface area contributed by atoms with Gasteiger partial charge in [-0.3, -0.25) is 13.7 Å². The number of aromatic nitrogens is 3. The van der Waals surface area contributed by atoms with Crippen LogP contribution in [0.5, 0.6) is 0 Å². The first-order valence-corrected chi connectivity index (χ1v) is 10.0. The SMILES string of the molecule is Cc1noc(C)c1Cn1cc(NC(=O)c2scc(S(C)=O)c2Cl)cn1. The number of halogens is 1. The molecule has 132 valence electrons. The number of nitrogens with one attached hydrogen (secondary N) is 1. The highest BCUT2D eigenvalue weighted by Crippen LogP contribution is 2.30. The third-order valence-corrected chi connectivity index (χ3v) is 6.29. The number of aryl methyl sites for hydroxylation is 2. The zero-order valence-corrected chi connectivity index (χ0v) is 16.1. The van der Waals surface area contributed by atoms with E-state index in [1.165, 1.54) is 6.26 Å². The van der Waals surface area contributed by atoms with Crippen molar-refractivity contribution in [1.82, 2.24) is 14.9 Å². The highest BCUT2D eigenvalue weighted by molar-refractivity contribution is 7.84. The molecule has 10 heteroatoms. The van der Waals surface area contributed by atoms with Crippen LogP contribution >= 0.6 is 22.9 Å². The van der Waals surface area contributed by atoms with E-state index in [4.69, 9.17) is 16.1 Å². The van der Waals surface area contributed by atoms with E-state index in [2.05, 4.69) is 15.6 Å². The van der Waals surface area contributed by atoms with Crippen LogP contribution in [0, 0.1) is 13.8 Å². The fraction of sp³-hybridized carbons (Fsp3) is 0.267. The molecule has 0 saturated heterocycles. The van der Waals surface area contributed by atoms with E-state index >= 15 is 0 Å². The van der Waals surface area contributed by atoms with Gasteiger partial charge in [-0.25, -0.2) is 0 Å². The summed E-state index contributed by atoms with van der Waals surface area (Å²) in [5.74, 6) is 0.382. The highest BCUT2D eigenvalue weighted by Gasteiger charge is 2.19. The molecule has 3 rings (SSSR count). The molecule has 3 aromatic rings. The maximum absolute atomic E-state index is 12.4. The first kappa shape index (κ1) is 17.8. The Labute approximate surface area is 155 Å². The maximum Gasteiger partial charge on any atom is 0.267 e. The number of anilines is 1. The van der Waals surface area contributed by atoms with Crippen molar-refractivity contribution < 1.29 is 13.5 Å². The van der Waals surface area contributed by atoms with Crippen LogP contribution in [-0.2, 0) is 17.3 Å². The molecule has 0 aromatic carbocycles. The smallest absolute Gasteiger partial charge is 0.267 e. The van der Waals surface area contributed by atoms with Crippen molar-refractivity contribution in [2.24, 2.45) is 0 Å². The number of thiophene rings is 1. The van der Waals surface area contributed by atoms with Gasteiger partial charge in [0.15, 0.2) is 0 Å². The molecule has 1 amide bonds. The number of nitrogens with zero attached hydrogens (tertiary/aromatic N) is 3. The number of amides is 1. The van der Waals surface area contributed by atoms with Crippen LogP contribution in [0.2, 0.25) is 5.02 Å². The summed E-state index contributed by atoms with van der Waals surface area (Å²) in [5.41, 5.74) is 2.31. The minimum absolute atomic E-state index is 0.228. The van der Waals surface area contributed by atoms with Gasteiger partial charge in [0.05, 0.1) is 44.8 Å². The monoisotopic (exact) mass is 398 g/mol. The van der Waals surface area contributed by atoms with Gasteiger partial charge < -0.3 is 9.84 Å². The van der Waals surface area contributed by atoms with Crippen molar-refractivity contribution in [1.29, 1.82) is 0 Å². The van der Waals surface area contributed by atoms with Crippen LogP contribution in [0.15, 0.2) is 27.2 Å². The first-order valence-electron chi connectivity index (χ1n) is 7.22. The van der Waals surface area contributed by atoms with E-state index in [1.807, 2.05) is 13.8 Å². The van der Waals surface area contributed by atoms with Crippen LogP contribution in [0.25, 0.3) is 0 Å². The van der Waals surface area contributed by atoms with E-state index in [0.29, 0.717) is 22.0 Å². The molecule has 0 fully saturated rings. The van der Waals surface area contributed by atoms with Crippen molar-refractivity contribution in [2.45, 2.75) is 25.3 Å². The van der Waals surface area contributed by atoms with E-state index < -0.39 is 10.8 Å². The topological polar surface area (TPSA) is 90.0 Å². The van der Waals surface area contributed by atoms with Crippen molar-refractivity contribution in [2.75, 3.05) is 11.6 Å². The van der Waals surface area contributed by atoms with E-state index in [9.17, 15) is 9.00 Å². The van der Waals surface area contributed by atoms with Crippen LogP contribution in [0.3, 0.4) is 0 Å². The second-order valence-electron chi connectivity index (χ2n) is 5.38. The van der Waals surface area contributed by atoms with Crippen LogP contribution in [0.4, 0.5) is 5.69 Å². The van der Waals surface area contributed by atoms with E-state index in [1.54, 1.807) is 22.5 Å². The quantitative estimate of drug-likeness (QED) is 0.712. The van der Waals surface area contributed by atoms with Gasteiger partial charge in [0.1, 0.15) is 10.6 Å². The van der Waals surface area contributed by atoms with E-state index in [-0.39, 0.29) is 10.9 Å². The second-order valence-corrected chi connectivity index (χ2v) is 7.99. The third-order valence-electron chi connectivity index (χ3n) is 3.61. The number of carbonyl (C=O) groups excluding carboxylic acids is 1. The Hall–Kier alpha value is -1.97. The van der Waals surface area contributed by atoms with Gasteiger partial charge in [-0.15, -0.1) is 11.3 Å². The Morgan fingerprint density at radius 3 is 2.84 bits per heavy atom. The predicted octanol–water partition coefficient (Wildman–Crippen LogP) is 3.24. The Kier molecular flexibility index (Phi) is 5.07. The molecule has 0 spiro atoms. The third kappa shape index (κ3) is 3.68. The molecule has 25 heavy (non-hydrogen) atoms. The van der Waals surface area contributed by atoms with Gasteiger partial charge in [-0.1, -0.05) is 16.8 Å². The van der Waals surface area contributed by atoms with Crippen LogP contribution < -0.4 is 5.32 Å². The standard InChI is InChI=1S/C15H15ClN4O3S2/c1-8-11(9(2)23-19-8)6-20-5-10(4-17-20)18-15(21)14-13(16)12(7-24-14)25(3)22/h4-5,7H,6H2,1-3H3,(H,18,21). The number of hydrogen-bond acceptors (Lipinski definition) is 6. The maximum atomic E-state index is 12.4. The van der Waals surface area contributed by atoms with Gasteiger partial charge in [0, 0.05) is 23.4 Å². The summed E-state index contributed by atoms with van der Waals surface area (Å²) in [5, 5.41) is 12.7. The summed E-state index contributed by atoms with van der Waals surface area (Å²) in [7, 11) is -1.23. The molecule has 0 aliphatic heterocycles. The molecule has 1 atom stereocenters. The van der Waals surface area contributed by atoms with Gasteiger partial charge in [0.25, 0.3) is 5.91 Å². The normalized spacial score (nSPS) is 12.3. The van der Waals surface area contributed by atoms with Gasteiger partial charge >= 0.3 is 0 Å². The molecule has 7 nitrogen and oxygen atoms in total. The Morgan fingerprint density at radius 1 is 1.48 bits per heavy atom. The lowest BCUT2D eigenvalue weighted by Crippen LogP contribution is -2.10. The average Bonchev–Trinajstić information content (AvgIpc) is 3.23. The van der Waals surface area contributed by atoms with Crippen molar-refractivity contribution in [3.63, 3.8) is 0 Å². The molecule has 1 N–H and O–H groups in total. The van der Waals surface area contributed by atoms with Crippen LogP contribution in [0.1, 0.15) is 26.7 Å². The largest absolute Gasteiger partial charge is 0.361 e. The average molecular weight is 399 g/mol. The summed E-state index contributed by atoms with van der Waals surface area (Å²) in [6, 6.07) is 0. The van der Waals surface area contributed by atoms with E-state index in [0.717, 1.165) is 28.4 Å². The molecule has 3 aromatic heterocycles. The lowest BCUT2D eigenvalue weighted by Gasteiger charge is -2.02. The molecule has 0 bridgehead atoms. The minimum Gasteiger partial charge on any atom is -0.361 e. The van der Waals surface area contributed by atoms with Crippen molar-refractivity contribution >= 4 is 45.3 Å². The van der Waals surface area contributed by atoms with Gasteiger partial charge in [-0.05, 0) is 13.8 Å². The minimum atomic E-state index is -1.23. The summed E-state index contributed by atoms with van der Waals surface area (Å²) in [6.45, 7) is 4.21. The zero-order valence-electron chi connectivity index (χ0n) is 13.7. The van der Waals surface area contributed by atoms with Gasteiger partial charge in [-0.2, -0.15) is 5.10 Å². The molecule has 0 aliphatic rings. The molecule has 0 saturated carbocycles. The van der Waals surface area contributed by atoms with Crippen molar-refractivity contribution in [3.05, 3.63) is 44.7 Å². The lowest BCUT2D eigenvalue weighted by molar-refractivity contribution is 0.103.